The van der Waals surface area contributed by atoms with Gasteiger partial charge in [0, 0.05) is 0 Å². The lowest BCUT2D eigenvalue weighted by Crippen LogP contribution is -2.08. The van der Waals surface area contributed by atoms with E-state index in [0.29, 0.717) is 5.82 Å². The number of benzene rings is 1. The number of anilines is 2. The van der Waals surface area contributed by atoms with E-state index in [2.05, 4.69) is 25.3 Å². The van der Waals surface area contributed by atoms with E-state index in [1.165, 1.54) is 6.92 Å². The fraction of sp³-hybridized carbons (Fsp3) is 0.154. The van der Waals surface area contributed by atoms with Crippen LogP contribution in [-0.4, -0.2) is 19.9 Å². The van der Waals surface area contributed by atoms with Gasteiger partial charge < -0.3 is 10.3 Å². The van der Waals surface area contributed by atoms with Gasteiger partial charge in [-0.25, -0.2) is 36.9 Å². The molecule has 10 heteroatoms. The zero-order chi connectivity index (χ0) is 16.9. The molecule has 5 nitrogen and oxygen atoms in total. The minimum Gasteiger partial charge on any atom is -0.338 e. The molecule has 23 heavy (non-hydrogen) atoms. The molecule has 3 aromatic rings. The van der Waals surface area contributed by atoms with Crippen LogP contribution in [0.3, 0.4) is 0 Å². The first-order valence-electron chi connectivity index (χ1n) is 6.29. The predicted octanol–water partition coefficient (Wildman–Crippen LogP) is 3.41. The van der Waals surface area contributed by atoms with Crippen molar-refractivity contribution in [3.8, 4) is 0 Å². The van der Waals surface area contributed by atoms with Gasteiger partial charge in [-0.05, 0) is 13.8 Å². The molecule has 3 rings (SSSR count). The molecule has 0 amide bonds. The van der Waals surface area contributed by atoms with E-state index < -0.39 is 34.8 Å². The van der Waals surface area contributed by atoms with Gasteiger partial charge in [-0.15, -0.1) is 0 Å². The molecule has 0 unspecified atom stereocenters. The highest BCUT2D eigenvalue weighted by atomic mass is 19.2. The number of nitrogens with one attached hydrogen (secondary N) is 2. The van der Waals surface area contributed by atoms with Gasteiger partial charge in [0.15, 0.2) is 34.7 Å². The first-order valence-corrected chi connectivity index (χ1v) is 6.29. The minimum atomic E-state index is -2.23. The van der Waals surface area contributed by atoms with E-state index in [9.17, 15) is 22.0 Å². The van der Waals surface area contributed by atoms with Crippen LogP contribution in [0, 0.1) is 42.9 Å². The summed E-state index contributed by atoms with van der Waals surface area (Å²) in [6, 6.07) is 0. The Bertz CT molecular complexity index is 907. The van der Waals surface area contributed by atoms with Gasteiger partial charge in [0.25, 0.3) is 0 Å². The minimum absolute atomic E-state index is 0.156. The van der Waals surface area contributed by atoms with E-state index in [4.69, 9.17) is 0 Å². The maximum Gasteiger partial charge on any atom is 0.200 e. The number of hydrogen-bond acceptors (Lipinski definition) is 4. The maximum absolute atomic E-state index is 13.7. The number of H-pyrrole nitrogens is 1. The van der Waals surface area contributed by atoms with E-state index in [-0.39, 0.29) is 22.8 Å². The van der Waals surface area contributed by atoms with Crippen LogP contribution in [0.1, 0.15) is 11.6 Å². The van der Waals surface area contributed by atoms with Crippen LogP contribution in [0.2, 0.25) is 0 Å². The Morgan fingerprint density at radius 1 is 0.783 bits per heavy atom. The Morgan fingerprint density at radius 3 is 1.96 bits per heavy atom. The summed E-state index contributed by atoms with van der Waals surface area (Å²) in [5, 5.41) is 2.13. The highest BCUT2D eigenvalue weighted by Crippen LogP contribution is 2.30. The number of aromatic nitrogens is 4. The molecule has 120 valence electrons. The Labute approximate surface area is 125 Å². The summed E-state index contributed by atoms with van der Waals surface area (Å²) in [4.78, 5) is 14.7. The lowest BCUT2D eigenvalue weighted by Gasteiger charge is -2.11. The first kappa shape index (κ1) is 15.1. The molecule has 0 aliphatic rings. The topological polar surface area (TPSA) is 66.5 Å². The van der Waals surface area contributed by atoms with Crippen molar-refractivity contribution < 1.29 is 22.0 Å². The number of nitrogens with zero attached hydrogens (tertiary/aromatic N) is 3. The quantitative estimate of drug-likeness (QED) is 0.430. The molecule has 0 spiro atoms. The van der Waals surface area contributed by atoms with Crippen LogP contribution in [0.5, 0.6) is 0 Å². The molecule has 0 radical (unpaired) electrons. The van der Waals surface area contributed by atoms with Crippen molar-refractivity contribution in [2.75, 3.05) is 5.32 Å². The van der Waals surface area contributed by atoms with Crippen LogP contribution in [0.25, 0.3) is 11.2 Å². The Kier molecular flexibility index (Phi) is 3.38. The number of fused-ring (bicyclic) bond motifs is 1. The highest BCUT2D eigenvalue weighted by molar-refractivity contribution is 5.85. The van der Waals surface area contributed by atoms with E-state index in [1.807, 2.05) is 0 Å². The predicted molar refractivity (Wildman–Crippen MR) is 70.7 cm³/mol. The summed E-state index contributed by atoms with van der Waals surface area (Å²) in [6.07, 6.45) is 0. The molecular formula is C13H8F5N5. The zero-order valence-corrected chi connectivity index (χ0v) is 11.7. The van der Waals surface area contributed by atoms with Crippen molar-refractivity contribution in [3.05, 3.63) is 40.7 Å². The van der Waals surface area contributed by atoms with E-state index in [1.54, 1.807) is 6.92 Å². The van der Waals surface area contributed by atoms with E-state index >= 15 is 0 Å². The van der Waals surface area contributed by atoms with Crippen molar-refractivity contribution in [2.24, 2.45) is 0 Å². The van der Waals surface area contributed by atoms with Gasteiger partial charge in [0.05, 0.1) is 0 Å². The molecule has 0 aliphatic heterocycles. The first-order chi connectivity index (χ1) is 10.8. The number of aromatic amines is 1. The molecule has 0 saturated carbocycles. The van der Waals surface area contributed by atoms with Crippen LogP contribution >= 0.6 is 0 Å². The fourth-order valence-electron chi connectivity index (χ4n) is 2.04. The average molecular weight is 329 g/mol. The molecule has 1 aromatic carbocycles. The normalized spacial score (nSPS) is 11.3. The smallest absolute Gasteiger partial charge is 0.200 e. The molecule has 0 atom stereocenters. The largest absolute Gasteiger partial charge is 0.338 e. The SMILES string of the molecule is Cc1nc(Nc2c(F)c(F)c(F)c(F)c2F)c2[nH]c(C)nc2n1. The van der Waals surface area contributed by atoms with Gasteiger partial charge in [0.1, 0.15) is 22.9 Å². The molecule has 0 bridgehead atoms. The summed E-state index contributed by atoms with van der Waals surface area (Å²) in [6.45, 7) is 3.10. The Morgan fingerprint density at radius 2 is 1.35 bits per heavy atom. The van der Waals surface area contributed by atoms with Gasteiger partial charge >= 0.3 is 0 Å². The Balaban J connectivity index is 2.21. The standard InChI is InChI=1S/C13H8F5N5/c1-3-19-11-12(20-3)21-4(2)22-13(11)23-10-8(17)6(15)5(14)7(16)9(10)18/h1-2H3,(H2,19,20,21,22,23). The number of aryl methyl sites for hydroxylation is 2. The average Bonchev–Trinajstić information content (AvgIpc) is 2.87. The van der Waals surface area contributed by atoms with Crippen LogP contribution in [0.4, 0.5) is 33.5 Å². The second kappa shape index (κ2) is 5.14. The van der Waals surface area contributed by atoms with Gasteiger partial charge in [-0.1, -0.05) is 0 Å². The number of halogens is 5. The molecule has 0 aliphatic carbocycles. The third-order valence-corrected chi connectivity index (χ3v) is 3.03. The highest BCUT2D eigenvalue weighted by Gasteiger charge is 2.26. The van der Waals surface area contributed by atoms with Crippen molar-refractivity contribution in [1.29, 1.82) is 0 Å². The molecular weight excluding hydrogens is 321 g/mol. The van der Waals surface area contributed by atoms with E-state index in [0.717, 1.165) is 0 Å². The molecule has 0 saturated heterocycles. The van der Waals surface area contributed by atoms with Crippen molar-refractivity contribution in [1.82, 2.24) is 19.9 Å². The monoisotopic (exact) mass is 329 g/mol. The number of imidazole rings is 1. The van der Waals surface area contributed by atoms with Crippen LogP contribution < -0.4 is 5.32 Å². The molecule has 0 fully saturated rings. The van der Waals surface area contributed by atoms with Crippen LogP contribution in [0.15, 0.2) is 0 Å². The van der Waals surface area contributed by atoms with Crippen molar-refractivity contribution in [3.63, 3.8) is 0 Å². The summed E-state index contributed by atoms with van der Waals surface area (Å²) in [5.41, 5.74) is -0.827. The summed E-state index contributed by atoms with van der Waals surface area (Å²) in [5.74, 6) is -9.80. The number of rotatable bonds is 2. The summed E-state index contributed by atoms with van der Waals surface area (Å²) >= 11 is 0. The third kappa shape index (κ3) is 2.35. The number of hydrogen-bond donors (Lipinski definition) is 2. The lowest BCUT2D eigenvalue weighted by molar-refractivity contribution is 0.382. The van der Waals surface area contributed by atoms with Gasteiger partial charge in [-0.3, -0.25) is 0 Å². The molecule has 2 N–H and O–H groups in total. The lowest BCUT2D eigenvalue weighted by atomic mass is 10.2. The van der Waals surface area contributed by atoms with Crippen molar-refractivity contribution >= 4 is 22.7 Å². The zero-order valence-electron chi connectivity index (χ0n) is 11.7. The van der Waals surface area contributed by atoms with Gasteiger partial charge in [-0.2, -0.15) is 0 Å². The van der Waals surface area contributed by atoms with Gasteiger partial charge in [0.2, 0.25) is 5.82 Å². The fourth-order valence-corrected chi connectivity index (χ4v) is 2.04. The van der Waals surface area contributed by atoms with Crippen LogP contribution in [-0.2, 0) is 0 Å². The summed E-state index contributed by atoms with van der Waals surface area (Å²) < 4.78 is 67.0. The second-order valence-corrected chi connectivity index (χ2v) is 4.71. The molecule has 2 aromatic heterocycles. The second-order valence-electron chi connectivity index (χ2n) is 4.71. The maximum atomic E-state index is 13.7. The van der Waals surface area contributed by atoms with Crippen molar-refractivity contribution in [2.45, 2.75) is 13.8 Å². The third-order valence-electron chi connectivity index (χ3n) is 3.03. The Hall–Kier alpha value is -2.78. The molecule has 2 heterocycles. The summed E-state index contributed by atoms with van der Waals surface area (Å²) in [7, 11) is 0.